The molecular formula is C14H19N5O. The Kier molecular flexibility index (Phi) is 3.08. The summed E-state index contributed by atoms with van der Waals surface area (Å²) in [4.78, 5) is 14.5. The lowest BCUT2D eigenvalue weighted by Gasteiger charge is -2.24. The van der Waals surface area contributed by atoms with E-state index in [9.17, 15) is 4.79 Å². The minimum absolute atomic E-state index is 0.0210. The third-order valence-electron chi connectivity index (χ3n) is 4.14. The van der Waals surface area contributed by atoms with Gasteiger partial charge in [0.25, 0.3) is 5.91 Å². The average molecular weight is 273 g/mol. The number of carbonyl (C=O) groups excluding carboxylic acids is 1. The van der Waals surface area contributed by atoms with Crippen molar-refractivity contribution in [3.63, 3.8) is 0 Å². The Hall–Kier alpha value is -2.11. The number of aromatic amines is 1. The van der Waals surface area contributed by atoms with E-state index < -0.39 is 0 Å². The number of hydrogen-bond donors (Lipinski definition) is 1. The van der Waals surface area contributed by atoms with Crippen LogP contribution < -0.4 is 0 Å². The van der Waals surface area contributed by atoms with Gasteiger partial charge in [-0.3, -0.25) is 14.6 Å². The molecule has 3 heterocycles. The van der Waals surface area contributed by atoms with Crippen molar-refractivity contribution >= 4 is 5.91 Å². The average Bonchev–Trinajstić information content (AvgIpc) is 3.12. The van der Waals surface area contributed by atoms with E-state index in [1.54, 1.807) is 12.3 Å². The quantitative estimate of drug-likeness (QED) is 0.906. The number of aromatic nitrogens is 4. The van der Waals surface area contributed by atoms with E-state index in [0.29, 0.717) is 5.69 Å². The van der Waals surface area contributed by atoms with E-state index in [2.05, 4.69) is 22.2 Å². The van der Waals surface area contributed by atoms with Crippen molar-refractivity contribution in [3.8, 4) is 0 Å². The van der Waals surface area contributed by atoms with Gasteiger partial charge in [0.1, 0.15) is 5.69 Å². The zero-order valence-corrected chi connectivity index (χ0v) is 12.1. The van der Waals surface area contributed by atoms with Crippen LogP contribution in [-0.2, 0) is 7.05 Å². The SMILES string of the molecule is Cc1nn(C)c(C)c1[C@@H]1CCCN1C(=O)c1ccn[nH]1. The Bertz CT molecular complexity index is 628. The Balaban J connectivity index is 1.95. The molecule has 0 unspecified atom stereocenters. The number of nitrogens with zero attached hydrogens (tertiary/aromatic N) is 4. The van der Waals surface area contributed by atoms with Crippen molar-refractivity contribution in [2.45, 2.75) is 32.7 Å². The summed E-state index contributed by atoms with van der Waals surface area (Å²) in [5.41, 5.74) is 3.89. The molecule has 0 saturated carbocycles. The minimum Gasteiger partial charge on any atom is -0.330 e. The molecule has 1 amide bonds. The van der Waals surface area contributed by atoms with Gasteiger partial charge in [0, 0.05) is 31.0 Å². The zero-order valence-electron chi connectivity index (χ0n) is 12.1. The minimum atomic E-state index is 0.0210. The molecule has 1 N–H and O–H groups in total. The fraction of sp³-hybridized carbons (Fsp3) is 0.500. The van der Waals surface area contributed by atoms with Crippen molar-refractivity contribution < 1.29 is 4.79 Å². The second-order valence-corrected chi connectivity index (χ2v) is 5.33. The standard InChI is InChI=1S/C14H19N5O/c1-9-13(10(2)18(3)17-9)12-5-4-8-19(12)14(20)11-6-7-15-16-11/h6-7,12H,4-5,8H2,1-3H3,(H,15,16)/t12-/m0/s1. The Morgan fingerprint density at radius 1 is 1.45 bits per heavy atom. The molecular weight excluding hydrogens is 254 g/mol. The predicted octanol–water partition coefficient (Wildman–Crippen LogP) is 1.74. The molecule has 3 rings (SSSR count). The second kappa shape index (κ2) is 4.77. The molecule has 106 valence electrons. The molecule has 1 aliphatic heterocycles. The first kappa shape index (κ1) is 12.9. The normalized spacial score (nSPS) is 18.8. The van der Waals surface area contributed by atoms with Crippen LogP contribution in [0.15, 0.2) is 12.3 Å². The van der Waals surface area contributed by atoms with Crippen molar-refractivity contribution in [1.82, 2.24) is 24.9 Å². The van der Waals surface area contributed by atoms with Crippen LogP contribution in [0.25, 0.3) is 0 Å². The molecule has 6 nitrogen and oxygen atoms in total. The lowest BCUT2D eigenvalue weighted by Crippen LogP contribution is -2.31. The monoisotopic (exact) mass is 273 g/mol. The van der Waals surface area contributed by atoms with Crippen LogP contribution in [0.3, 0.4) is 0 Å². The number of aryl methyl sites for hydroxylation is 2. The first-order chi connectivity index (χ1) is 9.59. The predicted molar refractivity (Wildman–Crippen MR) is 74.3 cm³/mol. The first-order valence-corrected chi connectivity index (χ1v) is 6.90. The molecule has 0 bridgehead atoms. The van der Waals surface area contributed by atoms with Crippen LogP contribution in [-0.4, -0.2) is 37.3 Å². The van der Waals surface area contributed by atoms with Gasteiger partial charge in [0.2, 0.25) is 0 Å². The van der Waals surface area contributed by atoms with E-state index in [0.717, 1.165) is 30.8 Å². The van der Waals surface area contributed by atoms with E-state index in [4.69, 9.17) is 0 Å². The number of H-pyrrole nitrogens is 1. The number of rotatable bonds is 2. The summed E-state index contributed by atoms with van der Waals surface area (Å²) in [5.74, 6) is 0.0210. The highest BCUT2D eigenvalue weighted by Gasteiger charge is 2.34. The molecule has 2 aromatic heterocycles. The lowest BCUT2D eigenvalue weighted by molar-refractivity contribution is 0.0729. The molecule has 0 aromatic carbocycles. The number of likely N-dealkylation sites (tertiary alicyclic amines) is 1. The molecule has 0 radical (unpaired) electrons. The maximum Gasteiger partial charge on any atom is 0.272 e. The van der Waals surface area contributed by atoms with Gasteiger partial charge in [0.05, 0.1) is 11.7 Å². The summed E-state index contributed by atoms with van der Waals surface area (Å²) in [7, 11) is 1.95. The van der Waals surface area contributed by atoms with Crippen LogP contribution in [0.4, 0.5) is 0 Å². The van der Waals surface area contributed by atoms with Crippen molar-refractivity contribution in [2.24, 2.45) is 7.05 Å². The third-order valence-corrected chi connectivity index (χ3v) is 4.14. The van der Waals surface area contributed by atoms with Gasteiger partial charge in [-0.05, 0) is 32.8 Å². The summed E-state index contributed by atoms with van der Waals surface area (Å²) < 4.78 is 1.89. The summed E-state index contributed by atoms with van der Waals surface area (Å²) in [6.45, 7) is 4.86. The van der Waals surface area contributed by atoms with Crippen LogP contribution >= 0.6 is 0 Å². The van der Waals surface area contributed by atoms with Crippen molar-refractivity contribution in [3.05, 3.63) is 34.9 Å². The highest BCUT2D eigenvalue weighted by atomic mass is 16.2. The van der Waals surface area contributed by atoms with Crippen molar-refractivity contribution in [2.75, 3.05) is 6.54 Å². The van der Waals surface area contributed by atoms with Gasteiger partial charge in [-0.1, -0.05) is 0 Å². The number of nitrogens with one attached hydrogen (secondary N) is 1. The van der Waals surface area contributed by atoms with E-state index in [-0.39, 0.29) is 11.9 Å². The largest absolute Gasteiger partial charge is 0.330 e. The number of hydrogen-bond acceptors (Lipinski definition) is 3. The zero-order chi connectivity index (χ0) is 14.3. The Labute approximate surface area is 117 Å². The highest BCUT2D eigenvalue weighted by Crippen LogP contribution is 2.36. The maximum atomic E-state index is 12.5. The van der Waals surface area contributed by atoms with Crippen molar-refractivity contribution in [1.29, 1.82) is 0 Å². The Morgan fingerprint density at radius 3 is 2.85 bits per heavy atom. The van der Waals surface area contributed by atoms with Crippen LogP contribution in [0.5, 0.6) is 0 Å². The van der Waals surface area contributed by atoms with Gasteiger partial charge in [0.15, 0.2) is 0 Å². The first-order valence-electron chi connectivity index (χ1n) is 6.90. The van der Waals surface area contributed by atoms with Gasteiger partial charge in [-0.25, -0.2) is 0 Å². The third kappa shape index (κ3) is 1.92. The van der Waals surface area contributed by atoms with Gasteiger partial charge in [-0.15, -0.1) is 0 Å². The van der Waals surface area contributed by atoms with Gasteiger partial charge >= 0.3 is 0 Å². The van der Waals surface area contributed by atoms with Crippen LogP contribution in [0.2, 0.25) is 0 Å². The topological polar surface area (TPSA) is 66.8 Å². The summed E-state index contributed by atoms with van der Waals surface area (Å²) >= 11 is 0. The molecule has 0 aliphatic carbocycles. The molecule has 0 spiro atoms. The van der Waals surface area contributed by atoms with E-state index >= 15 is 0 Å². The summed E-state index contributed by atoms with van der Waals surface area (Å²) in [5, 5.41) is 11.1. The second-order valence-electron chi connectivity index (χ2n) is 5.33. The molecule has 1 atom stereocenters. The molecule has 20 heavy (non-hydrogen) atoms. The fourth-order valence-corrected chi connectivity index (χ4v) is 3.11. The molecule has 6 heteroatoms. The van der Waals surface area contributed by atoms with Crippen LogP contribution in [0, 0.1) is 13.8 Å². The number of amides is 1. The number of carbonyl (C=O) groups is 1. The lowest BCUT2D eigenvalue weighted by atomic mass is 10.0. The molecule has 1 fully saturated rings. The summed E-state index contributed by atoms with van der Waals surface area (Å²) in [6, 6.07) is 1.85. The fourth-order valence-electron chi connectivity index (χ4n) is 3.11. The molecule has 1 saturated heterocycles. The van der Waals surface area contributed by atoms with Gasteiger partial charge < -0.3 is 4.90 Å². The van der Waals surface area contributed by atoms with Crippen LogP contribution in [0.1, 0.15) is 46.3 Å². The van der Waals surface area contributed by atoms with E-state index in [1.165, 1.54) is 5.56 Å². The van der Waals surface area contributed by atoms with E-state index in [1.807, 2.05) is 23.6 Å². The Morgan fingerprint density at radius 2 is 2.25 bits per heavy atom. The maximum absolute atomic E-state index is 12.5. The molecule has 1 aliphatic rings. The smallest absolute Gasteiger partial charge is 0.272 e. The van der Waals surface area contributed by atoms with Gasteiger partial charge in [-0.2, -0.15) is 10.2 Å². The highest BCUT2D eigenvalue weighted by molar-refractivity contribution is 5.92. The summed E-state index contributed by atoms with van der Waals surface area (Å²) in [6.07, 6.45) is 3.63. The molecule has 2 aromatic rings.